The van der Waals surface area contributed by atoms with Crippen LogP contribution in [0.2, 0.25) is 0 Å². The number of anilines is 1. The number of nitrogens with zero attached hydrogens (tertiary/aromatic N) is 2. The molecule has 2 aromatic carbocycles. The van der Waals surface area contributed by atoms with E-state index in [-0.39, 0.29) is 29.7 Å². The number of piperazine rings is 1. The van der Waals surface area contributed by atoms with Crippen molar-refractivity contribution in [3.63, 3.8) is 0 Å². The number of hydrogen-bond donors (Lipinski definition) is 0. The van der Waals surface area contributed by atoms with Gasteiger partial charge in [-0.25, -0.2) is 4.39 Å². The normalized spacial score (nSPS) is 24.4. The van der Waals surface area contributed by atoms with Crippen LogP contribution >= 0.6 is 0 Å². The first-order valence-corrected chi connectivity index (χ1v) is 11.4. The summed E-state index contributed by atoms with van der Waals surface area (Å²) in [4.78, 5) is 4.76. The van der Waals surface area contributed by atoms with Crippen LogP contribution in [0, 0.1) is 5.82 Å². The highest BCUT2D eigenvalue weighted by molar-refractivity contribution is 6.62. The van der Waals surface area contributed by atoms with E-state index in [1.54, 1.807) is 12.1 Å². The Morgan fingerprint density at radius 1 is 0.806 bits per heavy atom. The van der Waals surface area contributed by atoms with Gasteiger partial charge in [-0.2, -0.15) is 0 Å². The Hall–Kier alpha value is -1.89. The van der Waals surface area contributed by atoms with Crippen LogP contribution in [-0.4, -0.2) is 49.4 Å². The molecule has 2 saturated heterocycles. The molecule has 0 bridgehead atoms. The maximum atomic E-state index is 14.2. The van der Waals surface area contributed by atoms with Crippen molar-refractivity contribution in [1.29, 1.82) is 0 Å². The predicted octanol–water partition coefficient (Wildman–Crippen LogP) is 3.94. The van der Waals surface area contributed by atoms with E-state index in [0.29, 0.717) is 0 Å². The highest BCUT2D eigenvalue weighted by Gasteiger charge is 2.52. The van der Waals surface area contributed by atoms with Gasteiger partial charge in [-0.3, -0.25) is 4.90 Å². The van der Waals surface area contributed by atoms with Gasteiger partial charge in [0.25, 0.3) is 0 Å². The maximum absolute atomic E-state index is 14.2. The first kappa shape index (κ1) is 21.0. The molecule has 0 N–H and O–H groups in total. The minimum Gasteiger partial charge on any atom is -0.399 e. The summed E-state index contributed by atoms with van der Waals surface area (Å²) in [5.41, 5.74) is 2.64. The highest BCUT2D eigenvalue weighted by atomic mass is 19.1. The van der Waals surface area contributed by atoms with Crippen molar-refractivity contribution in [2.24, 2.45) is 0 Å². The van der Waals surface area contributed by atoms with Gasteiger partial charge in [0.1, 0.15) is 5.82 Å². The molecule has 2 aliphatic heterocycles. The third-order valence-corrected chi connectivity index (χ3v) is 7.78. The van der Waals surface area contributed by atoms with Gasteiger partial charge in [0.2, 0.25) is 0 Å². The summed E-state index contributed by atoms with van der Waals surface area (Å²) in [5.74, 6) is -0.129. The number of benzene rings is 2. The van der Waals surface area contributed by atoms with Gasteiger partial charge in [-0.15, -0.1) is 0 Å². The Bertz CT molecular complexity index is 934. The van der Waals surface area contributed by atoms with E-state index in [9.17, 15) is 4.39 Å². The van der Waals surface area contributed by atoms with Crippen molar-refractivity contribution in [1.82, 2.24) is 4.90 Å². The van der Waals surface area contributed by atoms with Crippen molar-refractivity contribution in [2.75, 3.05) is 31.1 Å². The smallest absolute Gasteiger partial charge is 0.399 e. The zero-order valence-corrected chi connectivity index (χ0v) is 19.0. The van der Waals surface area contributed by atoms with Gasteiger partial charge in [-0.05, 0) is 63.7 Å². The van der Waals surface area contributed by atoms with E-state index in [2.05, 4.69) is 61.8 Å². The summed E-state index contributed by atoms with van der Waals surface area (Å²) in [6.07, 6.45) is 2.37. The van der Waals surface area contributed by atoms with Crippen LogP contribution in [0.3, 0.4) is 0 Å². The lowest BCUT2D eigenvalue weighted by molar-refractivity contribution is 0.00578. The summed E-state index contributed by atoms with van der Waals surface area (Å²) in [6, 6.07) is 15.9. The predicted molar refractivity (Wildman–Crippen MR) is 123 cm³/mol. The Morgan fingerprint density at radius 3 is 1.94 bits per heavy atom. The molecular weight excluding hydrogens is 390 g/mol. The molecule has 3 fully saturated rings. The Kier molecular flexibility index (Phi) is 4.96. The van der Waals surface area contributed by atoms with Gasteiger partial charge < -0.3 is 14.2 Å². The molecule has 2 heterocycles. The van der Waals surface area contributed by atoms with Gasteiger partial charge in [0.05, 0.1) is 16.9 Å². The van der Waals surface area contributed by atoms with E-state index in [1.807, 2.05) is 12.1 Å². The molecular formula is C25H32BFN2O2. The number of para-hydroxylation sites is 1. The lowest BCUT2D eigenvalue weighted by Gasteiger charge is -2.41. The molecule has 3 aliphatic rings. The third-order valence-electron chi connectivity index (χ3n) is 7.78. The molecule has 0 aromatic heterocycles. The second-order valence-electron chi connectivity index (χ2n) is 10.2. The molecule has 4 nitrogen and oxygen atoms in total. The van der Waals surface area contributed by atoms with Crippen molar-refractivity contribution in [3.05, 3.63) is 59.9 Å². The van der Waals surface area contributed by atoms with E-state index in [1.165, 1.54) is 18.4 Å². The van der Waals surface area contributed by atoms with Crippen LogP contribution in [-0.2, 0) is 14.8 Å². The lowest BCUT2D eigenvalue weighted by Crippen LogP contribution is -2.50. The Morgan fingerprint density at radius 2 is 1.39 bits per heavy atom. The Labute approximate surface area is 185 Å². The molecule has 0 amide bonds. The molecule has 5 rings (SSSR count). The van der Waals surface area contributed by atoms with Crippen LogP contribution in [0.15, 0.2) is 48.5 Å². The SMILES string of the molecule is CC1(C)OB(c2ccc(C3(N4CCN(c5ccccc5F)CC4)CC3)cc2)OC1(C)C. The quantitative estimate of drug-likeness (QED) is 0.698. The summed E-state index contributed by atoms with van der Waals surface area (Å²) in [7, 11) is -0.321. The van der Waals surface area contributed by atoms with Gasteiger partial charge >= 0.3 is 7.12 Å². The topological polar surface area (TPSA) is 24.9 Å². The largest absolute Gasteiger partial charge is 0.494 e. The van der Waals surface area contributed by atoms with E-state index >= 15 is 0 Å². The minimum atomic E-state index is -0.327. The molecule has 0 radical (unpaired) electrons. The van der Waals surface area contributed by atoms with Gasteiger partial charge in [0, 0.05) is 31.7 Å². The molecule has 164 valence electrons. The van der Waals surface area contributed by atoms with Crippen LogP contribution in [0.25, 0.3) is 0 Å². The molecule has 2 aromatic rings. The number of halogens is 1. The summed E-state index contributed by atoms with van der Waals surface area (Å²) in [5, 5.41) is 0. The van der Waals surface area contributed by atoms with Gasteiger partial charge in [-0.1, -0.05) is 36.4 Å². The lowest BCUT2D eigenvalue weighted by atomic mass is 9.78. The van der Waals surface area contributed by atoms with Crippen molar-refractivity contribution < 1.29 is 13.7 Å². The fourth-order valence-electron chi connectivity index (χ4n) is 4.92. The van der Waals surface area contributed by atoms with Crippen molar-refractivity contribution >= 4 is 18.3 Å². The number of rotatable bonds is 4. The summed E-state index contributed by atoms with van der Waals surface area (Å²) in [6.45, 7) is 12.0. The molecule has 0 unspecified atom stereocenters. The zero-order valence-electron chi connectivity index (χ0n) is 19.0. The first-order valence-electron chi connectivity index (χ1n) is 11.4. The second-order valence-corrected chi connectivity index (χ2v) is 10.2. The third kappa shape index (κ3) is 3.59. The van der Waals surface area contributed by atoms with E-state index < -0.39 is 0 Å². The molecule has 6 heteroatoms. The van der Waals surface area contributed by atoms with E-state index in [0.717, 1.165) is 37.3 Å². The fourth-order valence-corrected chi connectivity index (χ4v) is 4.92. The zero-order chi connectivity index (χ0) is 21.9. The standard InChI is InChI=1S/C25H32BFN2O2/c1-23(2)24(3,4)31-26(30-23)20-11-9-19(10-12-20)25(13-14-25)29-17-15-28(16-18-29)22-8-6-5-7-21(22)27/h5-12H,13-18H2,1-4H3. The van der Waals surface area contributed by atoms with E-state index in [4.69, 9.17) is 9.31 Å². The summed E-state index contributed by atoms with van der Waals surface area (Å²) < 4.78 is 26.6. The minimum absolute atomic E-state index is 0.129. The summed E-state index contributed by atoms with van der Waals surface area (Å²) >= 11 is 0. The average molecular weight is 422 g/mol. The van der Waals surface area contributed by atoms with Gasteiger partial charge in [0.15, 0.2) is 0 Å². The highest BCUT2D eigenvalue weighted by Crippen LogP contribution is 2.51. The number of hydrogen-bond acceptors (Lipinski definition) is 4. The van der Waals surface area contributed by atoms with Crippen LogP contribution in [0.5, 0.6) is 0 Å². The monoisotopic (exact) mass is 422 g/mol. The molecule has 1 saturated carbocycles. The first-order chi connectivity index (χ1) is 14.7. The second kappa shape index (κ2) is 7.33. The molecule has 0 spiro atoms. The van der Waals surface area contributed by atoms with Crippen molar-refractivity contribution in [3.8, 4) is 0 Å². The molecule has 1 aliphatic carbocycles. The average Bonchev–Trinajstić information content (AvgIpc) is 3.52. The molecule has 0 atom stereocenters. The van der Waals surface area contributed by atoms with Crippen LogP contribution < -0.4 is 10.4 Å². The maximum Gasteiger partial charge on any atom is 0.494 e. The van der Waals surface area contributed by atoms with Crippen molar-refractivity contribution in [2.45, 2.75) is 57.3 Å². The van der Waals surface area contributed by atoms with Crippen LogP contribution in [0.4, 0.5) is 10.1 Å². The van der Waals surface area contributed by atoms with Crippen LogP contribution in [0.1, 0.15) is 46.1 Å². The molecule has 31 heavy (non-hydrogen) atoms. The Balaban J connectivity index is 1.27. The fraction of sp³-hybridized carbons (Fsp3) is 0.520.